The van der Waals surface area contributed by atoms with Gasteiger partial charge in [0.25, 0.3) is 0 Å². The predicted octanol–water partition coefficient (Wildman–Crippen LogP) is 2.85. The van der Waals surface area contributed by atoms with Crippen molar-refractivity contribution in [3.63, 3.8) is 0 Å². The van der Waals surface area contributed by atoms with Crippen LogP contribution in [0, 0.1) is 5.92 Å². The molecule has 0 saturated carbocycles. The third-order valence-electron chi connectivity index (χ3n) is 5.71. The largest absolute Gasteiger partial charge is 0.467 e. The molecule has 1 aliphatic carbocycles. The first-order valence-corrected chi connectivity index (χ1v) is 10.9. The Kier molecular flexibility index (Phi) is 8.06. The fourth-order valence-corrected chi connectivity index (χ4v) is 4.01. The summed E-state index contributed by atoms with van der Waals surface area (Å²) in [4.78, 5) is 37.2. The molecule has 0 aromatic heterocycles. The number of carbonyl (C=O) groups is 3. The lowest BCUT2D eigenvalue weighted by atomic mass is 9.98. The minimum absolute atomic E-state index is 0.0813. The number of methoxy groups -OCH3 is 2. The fourth-order valence-electron chi connectivity index (χ4n) is 4.01. The van der Waals surface area contributed by atoms with Crippen LogP contribution in [0.25, 0.3) is 11.1 Å². The first-order valence-electron chi connectivity index (χ1n) is 10.9. The lowest BCUT2D eigenvalue weighted by Gasteiger charge is -2.24. The van der Waals surface area contributed by atoms with E-state index in [1.807, 2.05) is 36.4 Å². The Morgan fingerprint density at radius 2 is 1.48 bits per heavy atom. The van der Waals surface area contributed by atoms with E-state index in [4.69, 9.17) is 14.2 Å². The molecule has 2 aromatic rings. The molecule has 8 nitrogen and oxygen atoms in total. The summed E-state index contributed by atoms with van der Waals surface area (Å²) in [7, 11) is 2.67. The van der Waals surface area contributed by atoms with Gasteiger partial charge in [-0.1, -0.05) is 62.4 Å². The van der Waals surface area contributed by atoms with Crippen molar-refractivity contribution in [1.82, 2.24) is 10.6 Å². The zero-order valence-electron chi connectivity index (χ0n) is 19.3. The van der Waals surface area contributed by atoms with Crippen LogP contribution in [0.4, 0.5) is 4.79 Å². The molecule has 3 rings (SSSR count). The van der Waals surface area contributed by atoms with Crippen molar-refractivity contribution < 1.29 is 28.6 Å². The van der Waals surface area contributed by atoms with E-state index < -0.39 is 30.1 Å². The van der Waals surface area contributed by atoms with Crippen LogP contribution < -0.4 is 10.6 Å². The zero-order valence-corrected chi connectivity index (χ0v) is 19.3. The Labute approximate surface area is 193 Å². The maximum absolute atomic E-state index is 12.7. The van der Waals surface area contributed by atoms with E-state index in [9.17, 15) is 14.4 Å². The van der Waals surface area contributed by atoms with Crippen LogP contribution in [0.5, 0.6) is 0 Å². The Morgan fingerprint density at radius 1 is 0.909 bits per heavy atom. The van der Waals surface area contributed by atoms with Gasteiger partial charge in [-0.05, 0) is 28.2 Å². The second-order valence-corrected chi connectivity index (χ2v) is 8.23. The van der Waals surface area contributed by atoms with Crippen LogP contribution in [-0.4, -0.2) is 57.5 Å². The number of fused-ring (bicyclic) bond motifs is 3. The number of nitrogens with one attached hydrogen (secondary N) is 2. The number of hydrogen-bond acceptors (Lipinski definition) is 6. The normalized spacial score (nSPS) is 14.1. The van der Waals surface area contributed by atoms with Gasteiger partial charge in [-0.2, -0.15) is 0 Å². The molecule has 0 unspecified atom stereocenters. The molecular formula is C25H30N2O6. The molecule has 0 aliphatic heterocycles. The van der Waals surface area contributed by atoms with Gasteiger partial charge in [-0.3, -0.25) is 4.79 Å². The molecule has 176 valence electrons. The molecular weight excluding hydrogens is 424 g/mol. The van der Waals surface area contributed by atoms with Gasteiger partial charge < -0.3 is 24.8 Å². The molecule has 1 aliphatic rings. The van der Waals surface area contributed by atoms with Crippen molar-refractivity contribution in [3.8, 4) is 11.1 Å². The number of rotatable bonds is 9. The molecule has 8 heteroatoms. The van der Waals surface area contributed by atoms with Crippen molar-refractivity contribution in [2.45, 2.75) is 31.8 Å². The summed E-state index contributed by atoms with van der Waals surface area (Å²) in [6, 6.07) is 14.2. The van der Waals surface area contributed by atoms with E-state index >= 15 is 0 Å². The average Bonchev–Trinajstić information content (AvgIpc) is 3.13. The van der Waals surface area contributed by atoms with Crippen molar-refractivity contribution >= 4 is 18.0 Å². The van der Waals surface area contributed by atoms with Gasteiger partial charge in [0.1, 0.15) is 18.7 Å². The van der Waals surface area contributed by atoms with E-state index in [0.29, 0.717) is 0 Å². The highest BCUT2D eigenvalue weighted by Crippen LogP contribution is 2.44. The SMILES string of the molecule is COC[C@@H](NC(=O)OCC1c2ccccc2-c2ccccc21)C(=O)N[C@H](C(=O)OC)C(C)C. The van der Waals surface area contributed by atoms with Gasteiger partial charge in [-0.25, -0.2) is 9.59 Å². The van der Waals surface area contributed by atoms with Gasteiger partial charge in [0.15, 0.2) is 0 Å². The van der Waals surface area contributed by atoms with Crippen LogP contribution in [-0.2, 0) is 23.8 Å². The van der Waals surface area contributed by atoms with Gasteiger partial charge in [0, 0.05) is 13.0 Å². The van der Waals surface area contributed by atoms with Gasteiger partial charge in [0.2, 0.25) is 5.91 Å². The van der Waals surface area contributed by atoms with E-state index in [-0.39, 0.29) is 25.0 Å². The summed E-state index contributed by atoms with van der Waals surface area (Å²) in [5.74, 6) is -1.41. The number of alkyl carbamates (subject to hydrolysis) is 1. The maximum atomic E-state index is 12.7. The van der Waals surface area contributed by atoms with Crippen LogP contribution in [0.15, 0.2) is 48.5 Å². The molecule has 33 heavy (non-hydrogen) atoms. The molecule has 2 aromatic carbocycles. The summed E-state index contributed by atoms with van der Waals surface area (Å²) in [5.41, 5.74) is 4.44. The Balaban J connectivity index is 1.65. The lowest BCUT2D eigenvalue weighted by Crippen LogP contribution is -2.55. The summed E-state index contributed by atoms with van der Waals surface area (Å²) in [6.45, 7) is 3.61. The second kappa shape index (κ2) is 11.0. The van der Waals surface area contributed by atoms with E-state index in [0.717, 1.165) is 22.3 Å². The third kappa shape index (κ3) is 5.51. The quantitative estimate of drug-likeness (QED) is 0.565. The monoisotopic (exact) mass is 454 g/mol. The molecule has 0 saturated heterocycles. The highest BCUT2D eigenvalue weighted by Gasteiger charge is 2.31. The number of esters is 1. The Hall–Kier alpha value is -3.39. The maximum Gasteiger partial charge on any atom is 0.407 e. The third-order valence-corrected chi connectivity index (χ3v) is 5.71. The van der Waals surface area contributed by atoms with E-state index in [1.165, 1.54) is 14.2 Å². The van der Waals surface area contributed by atoms with Crippen LogP contribution in [0.2, 0.25) is 0 Å². The summed E-state index contributed by atoms with van der Waals surface area (Å²) < 4.78 is 15.3. The predicted molar refractivity (Wildman–Crippen MR) is 123 cm³/mol. The molecule has 0 fully saturated rings. The molecule has 0 bridgehead atoms. The standard InChI is InChI=1S/C25H30N2O6/c1-15(2)22(24(29)32-4)27-23(28)21(14-31-3)26-25(30)33-13-20-18-11-7-5-9-16(18)17-10-6-8-12-19(17)20/h5-12,15,20-22H,13-14H2,1-4H3,(H,26,30)(H,27,28)/t21-,22+/m1/s1. The zero-order chi connectivity index (χ0) is 24.0. The van der Waals surface area contributed by atoms with Gasteiger partial charge >= 0.3 is 12.1 Å². The van der Waals surface area contributed by atoms with Crippen molar-refractivity contribution in [2.24, 2.45) is 5.92 Å². The molecule has 0 radical (unpaired) electrons. The van der Waals surface area contributed by atoms with E-state index in [2.05, 4.69) is 22.8 Å². The van der Waals surface area contributed by atoms with Gasteiger partial charge in [-0.15, -0.1) is 0 Å². The molecule has 0 heterocycles. The van der Waals surface area contributed by atoms with E-state index in [1.54, 1.807) is 13.8 Å². The van der Waals surface area contributed by atoms with Crippen molar-refractivity contribution in [1.29, 1.82) is 0 Å². The summed E-state index contributed by atoms with van der Waals surface area (Å²) in [5, 5.41) is 5.16. The molecule has 2 N–H and O–H groups in total. The second-order valence-electron chi connectivity index (χ2n) is 8.23. The van der Waals surface area contributed by atoms with Crippen LogP contribution in [0.3, 0.4) is 0 Å². The summed E-state index contributed by atoms with van der Waals surface area (Å²) >= 11 is 0. The Bertz CT molecular complexity index is 960. The molecule has 0 spiro atoms. The minimum atomic E-state index is -1.03. The van der Waals surface area contributed by atoms with Crippen molar-refractivity contribution in [2.75, 3.05) is 27.4 Å². The molecule has 2 amide bonds. The fraction of sp³-hybridized carbons (Fsp3) is 0.400. The smallest absolute Gasteiger partial charge is 0.407 e. The van der Waals surface area contributed by atoms with Crippen LogP contribution in [0.1, 0.15) is 30.9 Å². The number of carbonyl (C=O) groups excluding carboxylic acids is 3. The highest BCUT2D eigenvalue weighted by molar-refractivity contribution is 5.90. The van der Waals surface area contributed by atoms with Crippen molar-refractivity contribution in [3.05, 3.63) is 59.7 Å². The number of benzene rings is 2. The minimum Gasteiger partial charge on any atom is -0.467 e. The first kappa shape index (κ1) is 24.3. The number of hydrogen-bond donors (Lipinski definition) is 2. The first-order chi connectivity index (χ1) is 15.9. The molecule has 2 atom stereocenters. The number of ether oxygens (including phenoxy) is 3. The number of amides is 2. The van der Waals surface area contributed by atoms with Crippen LogP contribution >= 0.6 is 0 Å². The Morgan fingerprint density at radius 3 is 2.00 bits per heavy atom. The summed E-state index contributed by atoms with van der Waals surface area (Å²) in [6.07, 6.45) is -0.742. The average molecular weight is 455 g/mol. The van der Waals surface area contributed by atoms with Gasteiger partial charge in [0.05, 0.1) is 13.7 Å². The lowest BCUT2D eigenvalue weighted by molar-refractivity contribution is -0.146. The topological polar surface area (TPSA) is 103 Å². The highest BCUT2D eigenvalue weighted by atomic mass is 16.5.